The van der Waals surface area contributed by atoms with Gasteiger partial charge in [-0.25, -0.2) is 0 Å². The van der Waals surface area contributed by atoms with Crippen LogP contribution in [0.2, 0.25) is 0 Å². The molecule has 104 valence electrons. The second-order valence-electron chi connectivity index (χ2n) is 4.57. The number of rotatable bonds is 3. The van der Waals surface area contributed by atoms with E-state index in [1.54, 1.807) is 18.0 Å². The normalized spacial score (nSPS) is 10.5. The number of amides is 1. The fourth-order valence-electron chi connectivity index (χ4n) is 2.16. The highest BCUT2D eigenvalue weighted by Crippen LogP contribution is 2.22. The summed E-state index contributed by atoms with van der Waals surface area (Å²) in [6.07, 6.45) is 3.72. The van der Waals surface area contributed by atoms with Gasteiger partial charge < -0.3 is 5.32 Å². The van der Waals surface area contributed by atoms with Gasteiger partial charge in [0.1, 0.15) is 0 Å². The average molecular weight is 294 g/mol. The second kappa shape index (κ2) is 5.97. The molecule has 3 aromatic rings. The van der Waals surface area contributed by atoms with Crippen LogP contribution in [0.1, 0.15) is 10.4 Å². The fraction of sp³-hybridized carbons (Fsp3) is 0.0588. The minimum absolute atomic E-state index is 0.121. The standard InChI is InChI=1S/C17H14N2OS/c1-21-14-8-2-6-13(11-14)17(20)19-15-9-3-5-12-7-4-10-18-16(12)15/h2-11H,1H3,(H,19,20). The summed E-state index contributed by atoms with van der Waals surface area (Å²) in [7, 11) is 0. The van der Waals surface area contributed by atoms with Crippen LogP contribution < -0.4 is 5.32 Å². The summed E-state index contributed by atoms with van der Waals surface area (Å²) < 4.78 is 0. The van der Waals surface area contributed by atoms with E-state index in [0.29, 0.717) is 5.56 Å². The van der Waals surface area contributed by atoms with Crippen LogP contribution in [-0.2, 0) is 0 Å². The summed E-state index contributed by atoms with van der Waals surface area (Å²) in [5.41, 5.74) is 2.18. The average Bonchev–Trinajstić information content (AvgIpc) is 2.55. The van der Waals surface area contributed by atoms with Gasteiger partial charge in [0.05, 0.1) is 11.2 Å². The zero-order chi connectivity index (χ0) is 14.7. The molecule has 0 atom stereocenters. The zero-order valence-electron chi connectivity index (χ0n) is 11.5. The Morgan fingerprint density at radius 1 is 1.10 bits per heavy atom. The zero-order valence-corrected chi connectivity index (χ0v) is 12.4. The van der Waals surface area contributed by atoms with Crippen LogP contribution in [0.25, 0.3) is 10.9 Å². The van der Waals surface area contributed by atoms with Crippen LogP contribution in [0.4, 0.5) is 5.69 Å². The quantitative estimate of drug-likeness (QED) is 0.736. The fourth-order valence-corrected chi connectivity index (χ4v) is 2.62. The number of hydrogen-bond acceptors (Lipinski definition) is 3. The van der Waals surface area contributed by atoms with Gasteiger partial charge in [-0.2, -0.15) is 0 Å². The van der Waals surface area contributed by atoms with Gasteiger partial charge in [-0.05, 0) is 36.6 Å². The third-order valence-corrected chi connectivity index (χ3v) is 3.94. The van der Waals surface area contributed by atoms with E-state index in [4.69, 9.17) is 0 Å². The molecule has 0 aliphatic carbocycles. The maximum Gasteiger partial charge on any atom is 0.255 e. The highest BCUT2D eigenvalue weighted by molar-refractivity contribution is 7.98. The van der Waals surface area contributed by atoms with Gasteiger partial charge in [0.2, 0.25) is 0 Å². The lowest BCUT2D eigenvalue weighted by Crippen LogP contribution is -2.12. The predicted octanol–water partition coefficient (Wildman–Crippen LogP) is 4.21. The number of carbonyl (C=O) groups excluding carboxylic acids is 1. The van der Waals surface area contributed by atoms with E-state index < -0.39 is 0 Å². The highest BCUT2D eigenvalue weighted by atomic mass is 32.2. The molecule has 0 spiro atoms. The summed E-state index contributed by atoms with van der Waals surface area (Å²) in [5.74, 6) is -0.121. The van der Waals surface area contributed by atoms with Crippen molar-refractivity contribution in [2.45, 2.75) is 4.90 Å². The SMILES string of the molecule is CSc1cccc(C(=O)Nc2cccc3cccnc23)c1. The number of aromatic nitrogens is 1. The molecule has 0 bridgehead atoms. The van der Waals surface area contributed by atoms with Gasteiger partial charge in [-0.15, -0.1) is 11.8 Å². The smallest absolute Gasteiger partial charge is 0.255 e. The van der Waals surface area contributed by atoms with Crippen molar-refractivity contribution < 1.29 is 4.79 Å². The molecule has 4 heteroatoms. The first kappa shape index (κ1) is 13.6. The lowest BCUT2D eigenvalue weighted by molar-refractivity contribution is 0.102. The second-order valence-corrected chi connectivity index (χ2v) is 5.45. The maximum atomic E-state index is 12.4. The Bertz CT molecular complexity index is 796. The third-order valence-electron chi connectivity index (χ3n) is 3.21. The number of hydrogen-bond donors (Lipinski definition) is 1. The van der Waals surface area contributed by atoms with E-state index in [9.17, 15) is 4.79 Å². The van der Waals surface area contributed by atoms with Gasteiger partial charge >= 0.3 is 0 Å². The highest BCUT2D eigenvalue weighted by Gasteiger charge is 2.09. The van der Waals surface area contributed by atoms with Crippen LogP contribution in [0.3, 0.4) is 0 Å². The summed E-state index contributed by atoms with van der Waals surface area (Å²) in [6, 6.07) is 17.2. The molecule has 0 aliphatic rings. The molecule has 2 aromatic carbocycles. The van der Waals surface area contributed by atoms with Crippen LogP contribution in [0.15, 0.2) is 65.7 Å². The van der Waals surface area contributed by atoms with Gasteiger partial charge in [-0.1, -0.05) is 24.3 Å². The Balaban J connectivity index is 1.93. The maximum absolute atomic E-state index is 12.4. The first-order chi connectivity index (χ1) is 10.3. The molecule has 3 nitrogen and oxygen atoms in total. The minimum atomic E-state index is -0.121. The van der Waals surface area contributed by atoms with Crippen molar-refractivity contribution >= 4 is 34.3 Å². The Morgan fingerprint density at radius 3 is 2.76 bits per heavy atom. The lowest BCUT2D eigenvalue weighted by atomic mass is 10.1. The van der Waals surface area contributed by atoms with Gasteiger partial charge in [0.15, 0.2) is 0 Å². The number of carbonyl (C=O) groups is 1. The Kier molecular flexibility index (Phi) is 3.88. The lowest BCUT2D eigenvalue weighted by Gasteiger charge is -2.08. The van der Waals surface area contributed by atoms with Crippen LogP contribution in [-0.4, -0.2) is 17.1 Å². The molecule has 0 fully saturated rings. The van der Waals surface area contributed by atoms with Crippen molar-refractivity contribution in [1.29, 1.82) is 0 Å². The third kappa shape index (κ3) is 2.90. The summed E-state index contributed by atoms with van der Waals surface area (Å²) in [6.45, 7) is 0. The number of fused-ring (bicyclic) bond motifs is 1. The van der Waals surface area contributed by atoms with Crippen LogP contribution in [0.5, 0.6) is 0 Å². The number of thioether (sulfide) groups is 1. The number of nitrogens with zero attached hydrogens (tertiary/aromatic N) is 1. The van der Waals surface area contributed by atoms with E-state index in [1.165, 1.54) is 0 Å². The molecule has 0 saturated carbocycles. The monoisotopic (exact) mass is 294 g/mol. The molecule has 0 aliphatic heterocycles. The topological polar surface area (TPSA) is 42.0 Å². The Morgan fingerprint density at radius 2 is 1.90 bits per heavy atom. The summed E-state index contributed by atoms with van der Waals surface area (Å²) in [4.78, 5) is 17.8. The van der Waals surface area contributed by atoms with E-state index in [1.807, 2.05) is 60.9 Å². The summed E-state index contributed by atoms with van der Waals surface area (Å²) in [5, 5.41) is 3.95. The largest absolute Gasteiger partial charge is 0.320 e. The van der Waals surface area contributed by atoms with Crippen molar-refractivity contribution in [3.63, 3.8) is 0 Å². The minimum Gasteiger partial charge on any atom is -0.320 e. The first-order valence-corrected chi connectivity index (χ1v) is 7.79. The first-order valence-electron chi connectivity index (χ1n) is 6.57. The molecular formula is C17H14N2OS. The van der Waals surface area contributed by atoms with Gasteiger partial charge in [-0.3, -0.25) is 9.78 Å². The van der Waals surface area contributed by atoms with Crippen molar-refractivity contribution in [3.05, 3.63) is 66.4 Å². The molecule has 1 amide bonds. The summed E-state index contributed by atoms with van der Waals surface area (Å²) >= 11 is 1.62. The molecule has 3 rings (SSSR count). The molecule has 1 aromatic heterocycles. The number of pyridine rings is 1. The molecule has 1 heterocycles. The number of nitrogens with one attached hydrogen (secondary N) is 1. The van der Waals surface area contributed by atoms with Crippen LogP contribution in [0, 0.1) is 0 Å². The van der Waals surface area contributed by atoms with Gasteiger partial charge in [0, 0.05) is 22.0 Å². The van der Waals surface area contributed by atoms with Gasteiger partial charge in [0.25, 0.3) is 5.91 Å². The number of anilines is 1. The predicted molar refractivity (Wildman–Crippen MR) is 87.9 cm³/mol. The van der Waals surface area contributed by atoms with E-state index in [2.05, 4.69) is 10.3 Å². The number of para-hydroxylation sites is 1. The van der Waals surface area contributed by atoms with Crippen LogP contribution >= 0.6 is 11.8 Å². The van der Waals surface area contributed by atoms with Crippen molar-refractivity contribution in [3.8, 4) is 0 Å². The molecule has 1 N–H and O–H groups in total. The van der Waals surface area contributed by atoms with E-state index in [0.717, 1.165) is 21.5 Å². The molecule has 0 radical (unpaired) electrons. The van der Waals surface area contributed by atoms with Crippen molar-refractivity contribution in [2.75, 3.05) is 11.6 Å². The Labute approximate surface area is 127 Å². The molecule has 21 heavy (non-hydrogen) atoms. The van der Waals surface area contributed by atoms with Crippen molar-refractivity contribution in [2.24, 2.45) is 0 Å². The Hall–Kier alpha value is -2.33. The van der Waals surface area contributed by atoms with E-state index >= 15 is 0 Å². The molecule has 0 saturated heterocycles. The molecular weight excluding hydrogens is 280 g/mol. The van der Waals surface area contributed by atoms with Crippen molar-refractivity contribution in [1.82, 2.24) is 4.98 Å². The molecule has 0 unspecified atom stereocenters. The van der Waals surface area contributed by atoms with E-state index in [-0.39, 0.29) is 5.91 Å². The number of benzene rings is 2.